The summed E-state index contributed by atoms with van der Waals surface area (Å²) >= 11 is 0. The van der Waals surface area contributed by atoms with Gasteiger partial charge < -0.3 is 9.64 Å². The van der Waals surface area contributed by atoms with E-state index in [-0.39, 0.29) is 17.9 Å². The maximum Gasteiger partial charge on any atom is 0.227 e. The lowest BCUT2D eigenvalue weighted by atomic mass is 9.89. The first-order chi connectivity index (χ1) is 10.3. The molecular weight excluding hydrogens is 262 g/mol. The molecule has 2 aliphatic heterocycles. The van der Waals surface area contributed by atoms with Crippen LogP contribution >= 0.6 is 0 Å². The Kier molecular flexibility index (Phi) is 2.74. The van der Waals surface area contributed by atoms with Gasteiger partial charge in [-0.25, -0.2) is 0 Å². The van der Waals surface area contributed by atoms with Crippen molar-refractivity contribution in [3.05, 3.63) is 59.7 Å². The molecule has 106 valence electrons. The average molecular weight is 279 g/mol. The van der Waals surface area contributed by atoms with Gasteiger partial charge in [-0.2, -0.15) is 0 Å². The van der Waals surface area contributed by atoms with Crippen molar-refractivity contribution in [1.82, 2.24) is 0 Å². The first kappa shape index (κ1) is 12.5. The van der Waals surface area contributed by atoms with Crippen molar-refractivity contribution in [3.63, 3.8) is 0 Å². The topological polar surface area (TPSA) is 29.5 Å². The lowest BCUT2D eigenvalue weighted by Crippen LogP contribution is -2.31. The fourth-order valence-corrected chi connectivity index (χ4v) is 3.69. The highest BCUT2D eigenvalue weighted by atomic mass is 16.5. The minimum Gasteiger partial charge on any atom is -0.497 e. The van der Waals surface area contributed by atoms with Crippen LogP contribution in [0.5, 0.6) is 5.75 Å². The molecule has 0 radical (unpaired) electrons. The summed E-state index contributed by atoms with van der Waals surface area (Å²) in [4.78, 5) is 14.5. The van der Waals surface area contributed by atoms with E-state index in [2.05, 4.69) is 24.3 Å². The number of fused-ring (bicyclic) bond motifs is 3. The van der Waals surface area contributed by atoms with Crippen LogP contribution in [0.2, 0.25) is 0 Å². The van der Waals surface area contributed by atoms with Gasteiger partial charge in [0.15, 0.2) is 0 Å². The second-order valence-electron chi connectivity index (χ2n) is 5.75. The molecule has 0 spiro atoms. The molecule has 2 atom stereocenters. The molecule has 2 aliphatic rings. The summed E-state index contributed by atoms with van der Waals surface area (Å²) in [5.41, 5.74) is 3.57. The van der Waals surface area contributed by atoms with Gasteiger partial charge in [0.25, 0.3) is 0 Å². The molecule has 21 heavy (non-hydrogen) atoms. The van der Waals surface area contributed by atoms with E-state index >= 15 is 0 Å². The number of nitrogens with zero attached hydrogens (tertiary/aromatic N) is 1. The van der Waals surface area contributed by atoms with Gasteiger partial charge in [0, 0.05) is 24.1 Å². The molecule has 2 aromatic rings. The molecule has 1 saturated heterocycles. The number of rotatable bonds is 2. The van der Waals surface area contributed by atoms with Crippen molar-refractivity contribution in [2.45, 2.75) is 24.8 Å². The molecule has 0 aromatic heterocycles. The lowest BCUT2D eigenvalue weighted by molar-refractivity contribution is -0.117. The Morgan fingerprint density at radius 1 is 1.10 bits per heavy atom. The quantitative estimate of drug-likeness (QED) is 0.845. The van der Waals surface area contributed by atoms with Gasteiger partial charge in [0.1, 0.15) is 5.75 Å². The Morgan fingerprint density at radius 2 is 1.95 bits per heavy atom. The molecule has 2 aromatic carbocycles. The van der Waals surface area contributed by atoms with E-state index in [9.17, 15) is 4.79 Å². The number of ether oxygens (including phenoxy) is 1. The second-order valence-corrected chi connectivity index (χ2v) is 5.75. The van der Waals surface area contributed by atoms with Crippen molar-refractivity contribution in [3.8, 4) is 5.75 Å². The summed E-state index contributed by atoms with van der Waals surface area (Å²) in [7, 11) is 1.68. The van der Waals surface area contributed by atoms with Crippen molar-refractivity contribution in [1.29, 1.82) is 0 Å². The molecule has 0 N–H and O–H groups in total. The summed E-state index contributed by atoms with van der Waals surface area (Å²) in [6.07, 6.45) is 1.54. The number of carbonyl (C=O) groups excluding carboxylic acids is 1. The number of benzene rings is 2. The van der Waals surface area contributed by atoms with Crippen molar-refractivity contribution >= 4 is 11.6 Å². The van der Waals surface area contributed by atoms with Crippen LogP contribution in [0.25, 0.3) is 0 Å². The van der Waals surface area contributed by atoms with Crippen LogP contribution in [-0.2, 0) is 11.2 Å². The number of para-hydroxylation sites is 1. The van der Waals surface area contributed by atoms with Gasteiger partial charge in [0.2, 0.25) is 5.91 Å². The summed E-state index contributed by atoms with van der Waals surface area (Å²) in [6.45, 7) is 0. The highest BCUT2D eigenvalue weighted by molar-refractivity contribution is 5.99. The lowest BCUT2D eigenvalue weighted by Gasteiger charge is -2.21. The predicted molar refractivity (Wildman–Crippen MR) is 81.8 cm³/mol. The fourth-order valence-electron chi connectivity index (χ4n) is 3.69. The minimum atomic E-state index is 0.234. The molecule has 0 bridgehead atoms. The number of hydrogen-bond acceptors (Lipinski definition) is 2. The van der Waals surface area contributed by atoms with Gasteiger partial charge in [-0.3, -0.25) is 4.79 Å². The van der Waals surface area contributed by atoms with E-state index in [1.807, 2.05) is 29.2 Å². The largest absolute Gasteiger partial charge is 0.497 e. The Balaban J connectivity index is 1.73. The molecule has 1 fully saturated rings. The monoisotopic (exact) mass is 279 g/mol. The van der Waals surface area contributed by atoms with Gasteiger partial charge in [-0.15, -0.1) is 0 Å². The molecule has 2 heterocycles. The summed E-state index contributed by atoms with van der Waals surface area (Å²) in [5, 5.41) is 0. The SMILES string of the molecule is COc1cccc([C@@H]2CC(=O)N3c4ccccc4C[C@H]23)c1. The van der Waals surface area contributed by atoms with Crippen LogP contribution in [0.15, 0.2) is 48.5 Å². The zero-order chi connectivity index (χ0) is 14.4. The van der Waals surface area contributed by atoms with Crippen LogP contribution in [-0.4, -0.2) is 19.1 Å². The number of methoxy groups -OCH3 is 1. The zero-order valence-electron chi connectivity index (χ0n) is 12.0. The van der Waals surface area contributed by atoms with Gasteiger partial charge in [-0.1, -0.05) is 30.3 Å². The molecular formula is C18H17NO2. The van der Waals surface area contributed by atoms with Crippen molar-refractivity contribution < 1.29 is 9.53 Å². The number of hydrogen-bond donors (Lipinski definition) is 0. The number of amides is 1. The van der Waals surface area contributed by atoms with Crippen LogP contribution in [0.3, 0.4) is 0 Å². The average Bonchev–Trinajstić information content (AvgIpc) is 3.05. The predicted octanol–water partition coefficient (Wildman–Crippen LogP) is 3.14. The zero-order valence-corrected chi connectivity index (χ0v) is 12.0. The van der Waals surface area contributed by atoms with E-state index in [1.54, 1.807) is 7.11 Å². The van der Waals surface area contributed by atoms with Gasteiger partial charge in [-0.05, 0) is 35.7 Å². The maximum absolute atomic E-state index is 12.5. The summed E-state index contributed by atoms with van der Waals surface area (Å²) in [6, 6.07) is 16.6. The van der Waals surface area contributed by atoms with Gasteiger partial charge in [0.05, 0.1) is 7.11 Å². The van der Waals surface area contributed by atoms with E-state index in [0.29, 0.717) is 6.42 Å². The fraction of sp³-hybridized carbons (Fsp3) is 0.278. The van der Waals surface area contributed by atoms with Crippen molar-refractivity contribution in [2.24, 2.45) is 0 Å². The molecule has 0 aliphatic carbocycles. The smallest absolute Gasteiger partial charge is 0.227 e. The minimum absolute atomic E-state index is 0.234. The standard InChI is InChI=1S/C18H17NO2/c1-21-14-7-4-6-12(9-14)15-11-18(20)19-16-8-3-2-5-13(16)10-17(15)19/h2-9,15,17H,10-11H2,1H3/t15-,17+/m0/s1. The van der Waals surface area contributed by atoms with Crippen LogP contribution in [0, 0.1) is 0 Å². The molecule has 4 rings (SSSR count). The Labute approximate surface area is 124 Å². The van der Waals surface area contributed by atoms with E-state index in [0.717, 1.165) is 17.9 Å². The third kappa shape index (κ3) is 1.84. The van der Waals surface area contributed by atoms with E-state index in [4.69, 9.17) is 4.74 Å². The molecule has 3 heteroatoms. The van der Waals surface area contributed by atoms with Crippen LogP contribution in [0.4, 0.5) is 5.69 Å². The first-order valence-electron chi connectivity index (χ1n) is 7.32. The Bertz CT molecular complexity index is 710. The summed E-state index contributed by atoms with van der Waals surface area (Å²) < 4.78 is 5.32. The van der Waals surface area contributed by atoms with Crippen LogP contribution < -0.4 is 9.64 Å². The third-order valence-electron chi connectivity index (χ3n) is 4.66. The molecule has 0 unspecified atom stereocenters. The van der Waals surface area contributed by atoms with Gasteiger partial charge >= 0.3 is 0 Å². The molecule has 0 saturated carbocycles. The highest BCUT2D eigenvalue weighted by Crippen LogP contribution is 2.45. The second kappa shape index (κ2) is 4.62. The molecule has 1 amide bonds. The maximum atomic E-state index is 12.5. The Hall–Kier alpha value is -2.29. The Morgan fingerprint density at radius 3 is 2.81 bits per heavy atom. The first-order valence-corrected chi connectivity index (χ1v) is 7.32. The van der Waals surface area contributed by atoms with Crippen LogP contribution in [0.1, 0.15) is 23.5 Å². The molecule has 3 nitrogen and oxygen atoms in total. The van der Waals surface area contributed by atoms with Crippen molar-refractivity contribution in [2.75, 3.05) is 12.0 Å². The third-order valence-corrected chi connectivity index (χ3v) is 4.66. The number of anilines is 1. The van der Waals surface area contributed by atoms with E-state index in [1.165, 1.54) is 11.1 Å². The van der Waals surface area contributed by atoms with E-state index < -0.39 is 0 Å². The number of carbonyl (C=O) groups is 1. The highest BCUT2D eigenvalue weighted by Gasteiger charge is 2.45. The normalized spacial score (nSPS) is 23.1. The summed E-state index contributed by atoms with van der Waals surface area (Å²) in [5.74, 6) is 1.34.